The van der Waals surface area contributed by atoms with Crippen molar-refractivity contribution >= 4 is 34.2 Å². The number of ether oxygens (including phenoxy) is 3. The molecule has 1 aliphatic heterocycles. The number of carbonyl (C=O) groups excluding carboxylic acids is 2. The number of methoxy groups -OCH3 is 2. The Labute approximate surface area is 226 Å². The van der Waals surface area contributed by atoms with E-state index in [1.54, 1.807) is 42.6 Å². The number of anilines is 2. The molecule has 1 aliphatic rings. The number of fused-ring (bicyclic) bond motifs is 1. The Bertz CT molecular complexity index is 1630. The number of imide groups is 1. The summed E-state index contributed by atoms with van der Waals surface area (Å²) in [5.74, 6) is 1.44. The predicted octanol–water partition coefficient (Wildman–Crippen LogP) is 5.99. The number of amides is 3. The molecule has 3 amide bonds. The van der Waals surface area contributed by atoms with Crippen LogP contribution in [0.25, 0.3) is 10.9 Å². The molecule has 0 unspecified atom stereocenters. The van der Waals surface area contributed by atoms with Crippen LogP contribution in [0.5, 0.6) is 23.0 Å². The number of urea groups is 1. The van der Waals surface area contributed by atoms with Gasteiger partial charge in [0.05, 0.1) is 42.9 Å². The average Bonchev–Trinajstić information content (AvgIpc) is 3.25. The quantitative estimate of drug-likeness (QED) is 0.260. The van der Waals surface area contributed by atoms with Crippen LogP contribution in [-0.2, 0) is 17.4 Å². The number of rotatable bonds is 7. The summed E-state index contributed by atoms with van der Waals surface area (Å²) >= 11 is 0. The zero-order valence-electron chi connectivity index (χ0n) is 21.7. The highest BCUT2D eigenvalue weighted by molar-refractivity contribution is 6.27. The average molecular weight is 553 g/mol. The Kier molecular flexibility index (Phi) is 6.92. The van der Waals surface area contributed by atoms with Gasteiger partial charge < -0.3 is 14.2 Å². The van der Waals surface area contributed by atoms with Gasteiger partial charge in [-0.15, -0.1) is 0 Å². The van der Waals surface area contributed by atoms with E-state index in [1.165, 1.54) is 14.2 Å². The first kappa shape index (κ1) is 26.7. The minimum atomic E-state index is -4.64. The van der Waals surface area contributed by atoms with Gasteiger partial charge in [0.25, 0.3) is 5.91 Å². The van der Waals surface area contributed by atoms with Crippen LogP contribution in [0.2, 0.25) is 0 Å². The largest absolute Gasteiger partial charge is 0.493 e. The number of halogens is 3. The monoisotopic (exact) mass is 552 g/mol. The molecule has 12 heteroatoms. The zero-order valence-corrected chi connectivity index (χ0v) is 21.7. The molecule has 2 aromatic heterocycles. The first-order valence-corrected chi connectivity index (χ1v) is 12.1. The lowest BCUT2D eigenvalue weighted by Crippen LogP contribution is -2.33. The van der Waals surface area contributed by atoms with Crippen LogP contribution < -0.4 is 24.0 Å². The zero-order chi connectivity index (χ0) is 28.6. The molecule has 0 spiro atoms. The summed E-state index contributed by atoms with van der Waals surface area (Å²) in [7, 11) is 3.06. The highest BCUT2D eigenvalue weighted by atomic mass is 19.4. The highest BCUT2D eigenvalue weighted by Gasteiger charge is 2.39. The van der Waals surface area contributed by atoms with E-state index in [0.717, 1.165) is 22.1 Å². The number of nitrogens with zero attached hydrogens (tertiary/aromatic N) is 4. The molecule has 5 rings (SSSR count). The summed E-state index contributed by atoms with van der Waals surface area (Å²) in [4.78, 5) is 35.9. The molecule has 9 nitrogen and oxygen atoms in total. The van der Waals surface area contributed by atoms with Crippen molar-refractivity contribution in [1.29, 1.82) is 0 Å². The van der Waals surface area contributed by atoms with Crippen molar-refractivity contribution < 1.29 is 37.0 Å². The number of hydrogen-bond acceptors (Lipinski definition) is 7. The normalized spacial score (nSPS) is 13.8. The van der Waals surface area contributed by atoms with Gasteiger partial charge in [-0.1, -0.05) is 6.92 Å². The van der Waals surface area contributed by atoms with Gasteiger partial charge in [-0.3, -0.25) is 19.7 Å². The Morgan fingerprint density at radius 1 is 0.900 bits per heavy atom. The summed E-state index contributed by atoms with van der Waals surface area (Å²) in [6, 6.07) is 10.0. The van der Waals surface area contributed by atoms with Crippen LogP contribution in [0.15, 0.2) is 61.1 Å². The maximum Gasteiger partial charge on any atom is 0.417 e. The molecule has 206 valence electrons. The lowest BCUT2D eigenvalue weighted by Gasteiger charge is -2.19. The Balaban J connectivity index is 1.45. The van der Waals surface area contributed by atoms with Crippen molar-refractivity contribution in [3.8, 4) is 23.0 Å². The second-order valence-electron chi connectivity index (χ2n) is 8.81. The summed E-state index contributed by atoms with van der Waals surface area (Å²) in [5.41, 5.74) is 0.457. The fourth-order valence-corrected chi connectivity index (χ4v) is 4.42. The summed E-state index contributed by atoms with van der Waals surface area (Å²) in [5, 5.41) is 0.682. The van der Waals surface area contributed by atoms with Crippen molar-refractivity contribution in [3.63, 3.8) is 0 Å². The molecule has 0 aliphatic carbocycles. The van der Waals surface area contributed by atoms with Gasteiger partial charge in [0.1, 0.15) is 18.0 Å². The van der Waals surface area contributed by atoms with Crippen LogP contribution in [0.4, 0.5) is 29.3 Å². The second-order valence-corrected chi connectivity index (χ2v) is 8.81. The van der Waals surface area contributed by atoms with Crippen molar-refractivity contribution in [2.45, 2.75) is 19.5 Å². The highest BCUT2D eigenvalue weighted by Crippen LogP contribution is 2.39. The summed E-state index contributed by atoms with van der Waals surface area (Å²) in [6.07, 6.45) is -0.766. The Hall–Kier alpha value is -4.87. The van der Waals surface area contributed by atoms with Crippen molar-refractivity contribution in [3.05, 3.63) is 72.2 Å². The van der Waals surface area contributed by atoms with Gasteiger partial charge in [-0.05, 0) is 48.4 Å². The Morgan fingerprint density at radius 3 is 2.35 bits per heavy atom. The number of alkyl halides is 3. The van der Waals surface area contributed by atoms with Gasteiger partial charge in [0.15, 0.2) is 11.5 Å². The molecule has 0 saturated carbocycles. The molecular weight excluding hydrogens is 529 g/mol. The van der Waals surface area contributed by atoms with Crippen molar-refractivity contribution in [2.24, 2.45) is 0 Å². The summed E-state index contributed by atoms with van der Waals surface area (Å²) < 4.78 is 56.5. The van der Waals surface area contributed by atoms with E-state index >= 15 is 0 Å². The second kappa shape index (κ2) is 10.4. The fraction of sp³-hybridized carbons (Fsp3) is 0.214. The standard InChI is InChI=1S/C28H23F3N4O5/c1-4-16-9-18(35-26(36)15-34(27(35)37)19-10-17(13-32-14-19)28(29,30)31)5-6-22(16)40-23-7-8-33-21-12-25(39-3)24(38-2)11-20(21)23/h5-14H,4,15H2,1-3H3. The van der Waals surface area contributed by atoms with E-state index < -0.39 is 30.2 Å². The number of pyridine rings is 2. The minimum Gasteiger partial charge on any atom is -0.493 e. The molecule has 0 bridgehead atoms. The molecule has 3 heterocycles. The first-order valence-electron chi connectivity index (χ1n) is 12.1. The molecule has 0 radical (unpaired) electrons. The third-order valence-corrected chi connectivity index (χ3v) is 6.44. The number of hydrogen-bond donors (Lipinski definition) is 0. The van der Waals surface area contributed by atoms with Crippen molar-refractivity contribution in [1.82, 2.24) is 9.97 Å². The molecule has 0 atom stereocenters. The Morgan fingerprint density at radius 2 is 1.65 bits per heavy atom. The molecular formula is C28H23F3N4O5. The lowest BCUT2D eigenvalue weighted by molar-refractivity contribution is -0.137. The minimum absolute atomic E-state index is 0.122. The van der Waals surface area contributed by atoms with Crippen LogP contribution in [0.1, 0.15) is 18.1 Å². The van der Waals surface area contributed by atoms with E-state index in [1.807, 2.05) is 6.92 Å². The van der Waals surface area contributed by atoms with Gasteiger partial charge in [0, 0.05) is 23.8 Å². The molecule has 1 saturated heterocycles. The smallest absolute Gasteiger partial charge is 0.417 e. The fourth-order valence-electron chi connectivity index (χ4n) is 4.42. The molecule has 40 heavy (non-hydrogen) atoms. The maximum atomic E-state index is 13.2. The number of carbonyl (C=O) groups is 2. The van der Waals surface area contributed by atoms with E-state index in [2.05, 4.69) is 9.97 Å². The van der Waals surface area contributed by atoms with Gasteiger partial charge >= 0.3 is 12.2 Å². The summed E-state index contributed by atoms with van der Waals surface area (Å²) in [6.45, 7) is 1.47. The van der Waals surface area contributed by atoms with Gasteiger partial charge in [0.2, 0.25) is 0 Å². The van der Waals surface area contributed by atoms with E-state index in [-0.39, 0.29) is 11.4 Å². The molecule has 2 aromatic carbocycles. The SMILES string of the molecule is CCc1cc(N2C(=O)CN(c3cncc(C(F)(F)F)c3)C2=O)ccc1Oc1ccnc2cc(OC)c(OC)cc12. The van der Waals surface area contributed by atoms with Crippen LogP contribution in [0, 0.1) is 0 Å². The van der Waals surface area contributed by atoms with E-state index in [4.69, 9.17) is 14.2 Å². The third-order valence-electron chi connectivity index (χ3n) is 6.44. The first-order chi connectivity index (χ1) is 19.1. The maximum absolute atomic E-state index is 13.2. The number of aryl methyl sites for hydroxylation is 1. The van der Waals surface area contributed by atoms with Crippen molar-refractivity contribution in [2.75, 3.05) is 30.6 Å². The molecule has 0 N–H and O–H groups in total. The third kappa shape index (κ3) is 4.83. The number of aromatic nitrogens is 2. The van der Waals surface area contributed by atoms with E-state index in [9.17, 15) is 22.8 Å². The molecule has 4 aromatic rings. The lowest BCUT2D eigenvalue weighted by atomic mass is 10.1. The van der Waals surface area contributed by atoms with Gasteiger partial charge in [-0.25, -0.2) is 9.69 Å². The van der Waals surface area contributed by atoms with Crippen LogP contribution in [0.3, 0.4) is 0 Å². The van der Waals surface area contributed by atoms with Gasteiger partial charge in [-0.2, -0.15) is 13.2 Å². The topological polar surface area (TPSA) is 94.1 Å². The molecule has 1 fully saturated rings. The number of benzene rings is 2. The van der Waals surface area contributed by atoms with Crippen LogP contribution in [-0.4, -0.2) is 42.7 Å². The van der Waals surface area contributed by atoms with E-state index in [0.29, 0.717) is 52.1 Å². The van der Waals surface area contributed by atoms with Crippen LogP contribution >= 0.6 is 0 Å². The predicted molar refractivity (Wildman–Crippen MR) is 140 cm³/mol.